The molecule has 0 bridgehead atoms. The molecular weight excluding hydrogens is 687 g/mol. The highest BCUT2D eigenvalue weighted by Gasteiger charge is 2.45. The van der Waals surface area contributed by atoms with Crippen LogP contribution in [0, 0.1) is 5.92 Å². The Morgan fingerprint density at radius 1 is 0.923 bits per heavy atom. The predicted molar refractivity (Wildman–Crippen MR) is 191 cm³/mol. The van der Waals surface area contributed by atoms with Crippen molar-refractivity contribution >= 4 is 37.0 Å². The van der Waals surface area contributed by atoms with Gasteiger partial charge in [0.1, 0.15) is 23.9 Å². The van der Waals surface area contributed by atoms with Crippen molar-refractivity contribution in [1.29, 1.82) is 0 Å². The van der Waals surface area contributed by atoms with Crippen molar-refractivity contribution in [2.75, 3.05) is 0 Å². The molecule has 3 heterocycles. The molecule has 1 unspecified atom stereocenters. The minimum absolute atomic E-state index is 0.0571. The number of aromatic amines is 1. The monoisotopic (exact) mass is 734 g/mol. The number of hydrogen-bond acceptors (Lipinski definition) is 7. The number of Topliss-reactive ketones (excluding diaryl/α,β-unsaturated/α-hetero) is 1. The first-order valence-corrected chi connectivity index (χ1v) is 19.5. The third-order valence-electron chi connectivity index (χ3n) is 9.67. The van der Waals surface area contributed by atoms with Gasteiger partial charge < -0.3 is 40.4 Å². The van der Waals surface area contributed by atoms with E-state index in [1.807, 2.05) is 30.3 Å². The molecule has 0 spiro atoms. The number of nitrogens with one attached hydrogen (secondary N) is 4. The number of carbonyl (C=O) groups excluding carboxylic acids is 5. The zero-order valence-corrected chi connectivity index (χ0v) is 30.1. The number of imidazole rings is 1. The molecule has 2 aliphatic rings. The molecule has 15 heteroatoms. The maximum atomic E-state index is 14.2. The van der Waals surface area contributed by atoms with Crippen LogP contribution >= 0.6 is 7.60 Å². The van der Waals surface area contributed by atoms with E-state index in [2.05, 4.69) is 25.9 Å². The van der Waals surface area contributed by atoms with Gasteiger partial charge in [-0.15, -0.1) is 0 Å². The Hall–Kier alpha value is -4.65. The molecule has 2 aliphatic heterocycles. The number of fused-ring (bicyclic) bond motifs is 1. The van der Waals surface area contributed by atoms with Gasteiger partial charge in [-0.05, 0) is 55.7 Å². The number of aromatic nitrogens is 2. The van der Waals surface area contributed by atoms with Gasteiger partial charge in [-0.2, -0.15) is 0 Å². The van der Waals surface area contributed by atoms with Crippen LogP contribution in [0.25, 0.3) is 0 Å². The Morgan fingerprint density at radius 2 is 1.63 bits per heavy atom. The molecule has 0 radical (unpaired) electrons. The second kappa shape index (κ2) is 17.7. The molecule has 278 valence electrons. The van der Waals surface area contributed by atoms with Crippen LogP contribution in [0.3, 0.4) is 0 Å². The lowest BCUT2D eigenvalue weighted by molar-refractivity contribution is -0.145. The van der Waals surface area contributed by atoms with Crippen molar-refractivity contribution in [3.05, 3.63) is 89.5 Å². The van der Waals surface area contributed by atoms with Gasteiger partial charge in [-0.1, -0.05) is 67.4 Å². The molecule has 1 aromatic heterocycles. The van der Waals surface area contributed by atoms with E-state index in [9.17, 15) is 38.3 Å². The van der Waals surface area contributed by atoms with E-state index < -0.39 is 49.6 Å². The normalized spacial score (nSPS) is 20.2. The van der Waals surface area contributed by atoms with Crippen LogP contribution in [0.1, 0.15) is 74.3 Å². The lowest BCUT2D eigenvalue weighted by Gasteiger charge is -2.36. The maximum Gasteiger partial charge on any atom is 0.329 e. The highest BCUT2D eigenvalue weighted by Crippen LogP contribution is 2.39. The number of ketones is 1. The van der Waals surface area contributed by atoms with Crippen LogP contribution in [0.15, 0.2) is 67.1 Å². The first kappa shape index (κ1) is 38.6. The van der Waals surface area contributed by atoms with Crippen LogP contribution in [0.4, 0.5) is 0 Å². The van der Waals surface area contributed by atoms with Crippen molar-refractivity contribution < 1.29 is 38.3 Å². The summed E-state index contributed by atoms with van der Waals surface area (Å²) in [5.74, 6) is -2.63. The number of H-pyrrole nitrogens is 1. The largest absolute Gasteiger partial charge is 0.350 e. The minimum Gasteiger partial charge on any atom is -0.350 e. The summed E-state index contributed by atoms with van der Waals surface area (Å²) in [6, 6.07) is 13.1. The zero-order valence-electron chi connectivity index (χ0n) is 29.2. The number of carbonyl (C=O) groups is 5. The van der Waals surface area contributed by atoms with Crippen molar-refractivity contribution in [2.24, 2.45) is 5.92 Å². The summed E-state index contributed by atoms with van der Waals surface area (Å²) >= 11 is 0. The standard InChI is InChI=1S/C37H47N6O8P/c1-24(44)17-28(18-25-11-13-27(14-12-25)22-52(49,50)51)34(45)41-31-10-6-5-9-30-15-16-33(43(30)37(31)48)36(47)42-32(19-29-21-38-23-40-29)35(46)39-20-26-7-3-2-4-8-26/h2-4,7-8,11-14,21,23,28,30-33H,5-6,9-10,15-20,22H2,1H3,(H,38,40)(H,39,46)(H,41,45)(H,42,47)(H2,49,50,51)/t28-,30?,31-,32-,33-/m0/s1. The van der Waals surface area contributed by atoms with Gasteiger partial charge in [0.15, 0.2) is 0 Å². The summed E-state index contributed by atoms with van der Waals surface area (Å²) < 4.78 is 11.4. The molecule has 2 fully saturated rings. The fourth-order valence-electron chi connectivity index (χ4n) is 7.12. The van der Waals surface area contributed by atoms with Gasteiger partial charge in [0.05, 0.1) is 12.5 Å². The third-order valence-corrected chi connectivity index (χ3v) is 10.5. The highest BCUT2D eigenvalue weighted by molar-refractivity contribution is 7.50. The quantitative estimate of drug-likeness (QED) is 0.127. The number of rotatable bonds is 15. The second-order valence-corrected chi connectivity index (χ2v) is 15.5. The van der Waals surface area contributed by atoms with E-state index in [4.69, 9.17) is 0 Å². The summed E-state index contributed by atoms with van der Waals surface area (Å²) in [5.41, 5.74) is 2.71. The van der Waals surface area contributed by atoms with Gasteiger partial charge in [0, 0.05) is 43.2 Å². The molecule has 14 nitrogen and oxygen atoms in total. The van der Waals surface area contributed by atoms with E-state index in [-0.39, 0.29) is 49.4 Å². The predicted octanol–water partition coefficient (Wildman–Crippen LogP) is 2.69. The van der Waals surface area contributed by atoms with Crippen molar-refractivity contribution in [2.45, 2.75) is 102 Å². The Balaban J connectivity index is 1.28. The summed E-state index contributed by atoms with van der Waals surface area (Å²) in [7, 11) is -4.25. The van der Waals surface area contributed by atoms with Crippen molar-refractivity contribution in [1.82, 2.24) is 30.8 Å². The molecular formula is C37H47N6O8P. The number of amides is 4. The smallest absolute Gasteiger partial charge is 0.329 e. The molecule has 52 heavy (non-hydrogen) atoms. The topological polar surface area (TPSA) is 211 Å². The minimum atomic E-state index is -4.25. The maximum absolute atomic E-state index is 14.2. The molecule has 4 amide bonds. The van der Waals surface area contributed by atoms with Crippen molar-refractivity contribution in [3.8, 4) is 0 Å². The van der Waals surface area contributed by atoms with Gasteiger partial charge in [0.2, 0.25) is 23.6 Å². The first-order chi connectivity index (χ1) is 24.9. The number of benzene rings is 2. The number of hydrogen-bond donors (Lipinski definition) is 6. The molecule has 5 rings (SSSR count). The van der Waals surface area contributed by atoms with E-state index >= 15 is 0 Å². The van der Waals surface area contributed by atoms with Gasteiger partial charge in [-0.3, -0.25) is 23.7 Å². The molecule has 6 N–H and O–H groups in total. The van der Waals surface area contributed by atoms with E-state index in [1.165, 1.54) is 13.3 Å². The van der Waals surface area contributed by atoms with Gasteiger partial charge in [0.25, 0.3) is 0 Å². The second-order valence-electron chi connectivity index (χ2n) is 13.8. The lowest BCUT2D eigenvalue weighted by Crippen LogP contribution is -2.59. The zero-order chi connectivity index (χ0) is 37.3. The summed E-state index contributed by atoms with van der Waals surface area (Å²) in [6.45, 7) is 1.67. The average Bonchev–Trinajstić information content (AvgIpc) is 3.77. The highest BCUT2D eigenvalue weighted by atomic mass is 31.2. The third kappa shape index (κ3) is 10.9. The molecule has 5 atom stereocenters. The molecule has 3 aromatic rings. The Bertz CT molecular complexity index is 1750. The molecule has 0 saturated carbocycles. The summed E-state index contributed by atoms with van der Waals surface area (Å²) in [4.78, 5) is 94.7. The van der Waals surface area contributed by atoms with Crippen LogP contribution in [0.2, 0.25) is 0 Å². The Kier molecular flexibility index (Phi) is 13.1. The average molecular weight is 735 g/mol. The van der Waals surface area contributed by atoms with Gasteiger partial charge in [-0.25, -0.2) is 4.98 Å². The SMILES string of the molecule is CC(=O)C[C@@H](Cc1ccc(CP(=O)(O)O)cc1)C(=O)N[C@H]1CCCCC2CC[C@@H](C(=O)N[C@@H](Cc3cnc[nH]3)C(=O)NCc3ccccc3)N2C1=O. The fourth-order valence-corrected chi connectivity index (χ4v) is 7.81. The van der Waals surface area contributed by atoms with Gasteiger partial charge >= 0.3 is 7.60 Å². The first-order valence-electron chi connectivity index (χ1n) is 17.7. The summed E-state index contributed by atoms with van der Waals surface area (Å²) in [6.07, 6.45) is 6.59. The van der Waals surface area contributed by atoms with Crippen LogP contribution < -0.4 is 16.0 Å². The molecule has 2 saturated heterocycles. The van der Waals surface area contributed by atoms with Crippen LogP contribution in [-0.2, 0) is 54.1 Å². The number of nitrogens with zero attached hydrogens (tertiary/aromatic N) is 2. The molecule has 0 aliphatic carbocycles. The van der Waals surface area contributed by atoms with E-state index in [0.29, 0.717) is 42.5 Å². The Labute approximate surface area is 302 Å². The fraction of sp³-hybridized carbons (Fsp3) is 0.459. The summed E-state index contributed by atoms with van der Waals surface area (Å²) in [5, 5.41) is 8.71. The van der Waals surface area contributed by atoms with Crippen LogP contribution in [0.5, 0.6) is 0 Å². The Morgan fingerprint density at radius 3 is 2.31 bits per heavy atom. The van der Waals surface area contributed by atoms with Crippen LogP contribution in [-0.4, -0.2) is 78.2 Å². The van der Waals surface area contributed by atoms with E-state index in [1.54, 1.807) is 35.4 Å². The van der Waals surface area contributed by atoms with E-state index in [0.717, 1.165) is 18.4 Å². The molecule has 2 aromatic carbocycles. The lowest BCUT2D eigenvalue weighted by atomic mass is 9.92. The van der Waals surface area contributed by atoms with Crippen molar-refractivity contribution in [3.63, 3.8) is 0 Å².